The third kappa shape index (κ3) is 22.6. The number of carbonyl (C=O) groups excluding carboxylic acids is 1. The molecule has 0 aromatic rings. The van der Waals surface area contributed by atoms with Crippen molar-refractivity contribution < 1.29 is 19.0 Å². The van der Waals surface area contributed by atoms with Gasteiger partial charge in [-0.25, -0.2) is 4.79 Å². The predicted octanol–water partition coefficient (Wildman–Crippen LogP) is 8.81. The Balaban J connectivity index is 3.32. The molecule has 4 nitrogen and oxygen atoms in total. The minimum Gasteiger partial charge on any atom is -0.462 e. The van der Waals surface area contributed by atoms with Crippen molar-refractivity contribution >= 4 is 13.3 Å². The first-order valence-corrected chi connectivity index (χ1v) is 15.6. The second kappa shape index (κ2) is 22.2. The van der Waals surface area contributed by atoms with E-state index in [9.17, 15) is 14.3 Å². The van der Waals surface area contributed by atoms with E-state index >= 15 is 0 Å². The summed E-state index contributed by atoms with van der Waals surface area (Å²) >= 11 is 0. The molecule has 1 N–H and O–H groups in total. The van der Waals surface area contributed by atoms with Crippen LogP contribution in [-0.4, -0.2) is 29.8 Å². The Kier molecular flexibility index (Phi) is 21.8. The van der Waals surface area contributed by atoms with Crippen LogP contribution < -0.4 is 0 Å². The molecule has 32 heavy (non-hydrogen) atoms. The lowest BCUT2D eigenvalue weighted by atomic mass is 10.0. The summed E-state index contributed by atoms with van der Waals surface area (Å²) in [6, 6.07) is 0. The number of unbranched alkanes of at least 4 members (excludes halogenated alkanes) is 17. The first-order chi connectivity index (χ1) is 15.4. The Labute approximate surface area is 199 Å². The number of ether oxygens (including phenoxy) is 1. The Morgan fingerprint density at radius 2 is 1.03 bits per heavy atom. The summed E-state index contributed by atoms with van der Waals surface area (Å²) in [7, 11) is -3.08. The molecule has 190 valence electrons. The normalized spacial score (nSPS) is 13.1. The van der Waals surface area contributed by atoms with Gasteiger partial charge in [-0.3, -0.25) is 4.57 Å². The molecule has 0 amide bonds. The van der Waals surface area contributed by atoms with Crippen LogP contribution in [0.2, 0.25) is 0 Å². The Morgan fingerprint density at radius 1 is 0.688 bits per heavy atom. The first-order valence-electron chi connectivity index (χ1n) is 13.5. The van der Waals surface area contributed by atoms with Gasteiger partial charge in [-0.2, -0.15) is 0 Å². The summed E-state index contributed by atoms with van der Waals surface area (Å²) in [5.41, 5.74) is 0.357. The van der Waals surface area contributed by atoms with Gasteiger partial charge in [-0.05, 0) is 19.8 Å². The Hall–Kier alpha value is -0.600. The standard InChI is InChI=1S/C27H53O4P/c1-4-5-6-7-8-9-10-11-12-13-14-15-16-17-18-19-20-21-24-32(29,30)25-22-23-31-27(28)26(2)3/h2,4-25H2,1,3H3,(H,29,30). The topological polar surface area (TPSA) is 63.6 Å². The van der Waals surface area contributed by atoms with Gasteiger partial charge in [0.2, 0.25) is 7.37 Å². The van der Waals surface area contributed by atoms with Crippen molar-refractivity contribution in [3.05, 3.63) is 12.2 Å². The first kappa shape index (κ1) is 31.4. The van der Waals surface area contributed by atoms with Crippen LogP contribution in [0.4, 0.5) is 0 Å². The number of rotatable bonds is 24. The van der Waals surface area contributed by atoms with Crippen molar-refractivity contribution in [1.82, 2.24) is 0 Å². The fourth-order valence-corrected chi connectivity index (χ4v) is 5.54. The van der Waals surface area contributed by atoms with E-state index < -0.39 is 13.3 Å². The molecule has 0 bridgehead atoms. The molecule has 5 heteroatoms. The zero-order valence-corrected chi connectivity index (χ0v) is 22.3. The maximum absolute atomic E-state index is 12.2. The lowest BCUT2D eigenvalue weighted by Crippen LogP contribution is -2.08. The van der Waals surface area contributed by atoms with Crippen LogP contribution >= 0.6 is 7.37 Å². The van der Waals surface area contributed by atoms with E-state index in [0.717, 1.165) is 19.3 Å². The summed E-state index contributed by atoms with van der Waals surface area (Å²) in [5.74, 6) is -0.429. The number of hydrogen-bond acceptors (Lipinski definition) is 3. The van der Waals surface area contributed by atoms with E-state index in [1.165, 1.54) is 96.3 Å². The Bertz CT molecular complexity index is 504. The highest BCUT2D eigenvalue weighted by atomic mass is 31.2. The quantitative estimate of drug-likeness (QED) is 0.0659. The summed E-state index contributed by atoms with van der Waals surface area (Å²) in [5, 5.41) is 0. The molecule has 0 fully saturated rings. The van der Waals surface area contributed by atoms with Gasteiger partial charge >= 0.3 is 5.97 Å². The van der Waals surface area contributed by atoms with Crippen LogP contribution in [-0.2, 0) is 14.1 Å². The van der Waals surface area contributed by atoms with E-state index in [1.54, 1.807) is 6.92 Å². The molecular weight excluding hydrogens is 419 g/mol. The molecule has 0 heterocycles. The van der Waals surface area contributed by atoms with Crippen molar-refractivity contribution in [2.45, 2.75) is 136 Å². The third-order valence-electron chi connectivity index (χ3n) is 6.09. The van der Waals surface area contributed by atoms with Crippen LogP contribution in [0, 0.1) is 0 Å². The molecule has 0 aromatic heterocycles. The molecule has 0 aliphatic rings. The van der Waals surface area contributed by atoms with Gasteiger partial charge in [-0.1, -0.05) is 123 Å². The lowest BCUT2D eigenvalue weighted by molar-refractivity contribution is -0.138. The molecule has 0 aromatic carbocycles. The second-order valence-corrected chi connectivity index (χ2v) is 12.2. The van der Waals surface area contributed by atoms with Gasteiger partial charge in [0.25, 0.3) is 0 Å². The molecule has 0 aliphatic carbocycles. The van der Waals surface area contributed by atoms with Gasteiger partial charge in [0, 0.05) is 17.9 Å². The van der Waals surface area contributed by atoms with Crippen LogP contribution in [0.3, 0.4) is 0 Å². The zero-order chi connectivity index (χ0) is 23.9. The van der Waals surface area contributed by atoms with Crippen molar-refractivity contribution in [1.29, 1.82) is 0 Å². The van der Waals surface area contributed by atoms with Crippen LogP contribution in [0.1, 0.15) is 136 Å². The molecule has 0 aliphatic heterocycles. The number of carbonyl (C=O) groups is 1. The third-order valence-corrected chi connectivity index (χ3v) is 8.12. The molecule has 0 rings (SSSR count). The minimum absolute atomic E-state index is 0.190. The SMILES string of the molecule is C=C(C)C(=O)OCCCP(=O)(O)CCCCCCCCCCCCCCCCCCCC. The van der Waals surface area contributed by atoms with Crippen molar-refractivity contribution in [2.24, 2.45) is 0 Å². The van der Waals surface area contributed by atoms with Crippen molar-refractivity contribution in [3.63, 3.8) is 0 Å². The summed E-state index contributed by atoms with van der Waals surface area (Å²) in [6.45, 7) is 7.58. The van der Waals surface area contributed by atoms with Crippen LogP contribution in [0.25, 0.3) is 0 Å². The van der Waals surface area contributed by atoms with Gasteiger partial charge in [-0.15, -0.1) is 0 Å². The smallest absolute Gasteiger partial charge is 0.333 e. The number of hydrogen-bond donors (Lipinski definition) is 1. The average Bonchev–Trinajstić information content (AvgIpc) is 2.75. The van der Waals surface area contributed by atoms with Crippen molar-refractivity contribution in [3.8, 4) is 0 Å². The molecule has 1 unspecified atom stereocenters. The van der Waals surface area contributed by atoms with Crippen LogP contribution in [0.15, 0.2) is 12.2 Å². The fraction of sp³-hybridized carbons (Fsp3) is 0.889. The predicted molar refractivity (Wildman–Crippen MR) is 139 cm³/mol. The highest BCUT2D eigenvalue weighted by molar-refractivity contribution is 7.57. The Morgan fingerprint density at radius 3 is 1.41 bits per heavy atom. The summed E-state index contributed by atoms with van der Waals surface area (Å²) in [6.07, 6.45) is 24.8. The second-order valence-electron chi connectivity index (χ2n) is 9.57. The average molecular weight is 473 g/mol. The van der Waals surface area contributed by atoms with E-state index in [-0.39, 0.29) is 12.8 Å². The number of esters is 1. The summed E-state index contributed by atoms with van der Waals surface area (Å²) < 4.78 is 17.1. The molecule has 0 saturated heterocycles. The van der Waals surface area contributed by atoms with Gasteiger partial charge in [0.05, 0.1) is 6.61 Å². The highest BCUT2D eigenvalue weighted by Crippen LogP contribution is 2.42. The van der Waals surface area contributed by atoms with E-state index in [4.69, 9.17) is 4.74 Å². The molecule has 0 spiro atoms. The maximum atomic E-state index is 12.2. The summed E-state index contributed by atoms with van der Waals surface area (Å²) in [4.78, 5) is 21.3. The van der Waals surface area contributed by atoms with Gasteiger partial charge < -0.3 is 9.63 Å². The van der Waals surface area contributed by atoms with Crippen LogP contribution in [0.5, 0.6) is 0 Å². The highest BCUT2D eigenvalue weighted by Gasteiger charge is 2.17. The van der Waals surface area contributed by atoms with Gasteiger partial charge in [0.1, 0.15) is 0 Å². The fourth-order valence-electron chi connectivity index (χ4n) is 3.97. The van der Waals surface area contributed by atoms with E-state index in [2.05, 4.69) is 13.5 Å². The molecular formula is C27H53O4P. The van der Waals surface area contributed by atoms with E-state index in [1.807, 2.05) is 0 Å². The molecule has 0 saturated carbocycles. The largest absolute Gasteiger partial charge is 0.462 e. The van der Waals surface area contributed by atoms with Crippen molar-refractivity contribution in [2.75, 3.05) is 18.9 Å². The minimum atomic E-state index is -3.08. The molecule has 1 atom stereocenters. The lowest BCUT2D eigenvalue weighted by Gasteiger charge is -2.11. The van der Waals surface area contributed by atoms with Gasteiger partial charge in [0.15, 0.2) is 0 Å². The zero-order valence-electron chi connectivity index (χ0n) is 21.4. The maximum Gasteiger partial charge on any atom is 0.333 e. The van der Waals surface area contributed by atoms with E-state index in [0.29, 0.717) is 18.2 Å². The monoisotopic (exact) mass is 472 g/mol. The molecule has 0 radical (unpaired) electrons.